The minimum Gasteiger partial charge on any atom is -0.352 e. The quantitative estimate of drug-likeness (QED) is 0.701. The molecule has 27 heavy (non-hydrogen) atoms. The van der Waals surface area contributed by atoms with E-state index in [1.165, 1.54) is 4.88 Å². The van der Waals surface area contributed by atoms with Crippen LogP contribution in [-0.4, -0.2) is 54.3 Å². The van der Waals surface area contributed by atoms with E-state index in [4.69, 9.17) is 11.6 Å². The van der Waals surface area contributed by atoms with Crippen LogP contribution in [-0.2, 0) is 11.3 Å². The zero-order valence-corrected chi connectivity index (χ0v) is 17.9. The molecule has 0 spiro atoms. The first-order valence-corrected chi connectivity index (χ1v) is 10.8. The second-order valence-corrected chi connectivity index (χ2v) is 9.36. The summed E-state index contributed by atoms with van der Waals surface area (Å²) in [6.07, 6.45) is 0.317. The molecule has 1 aliphatic rings. The summed E-state index contributed by atoms with van der Waals surface area (Å²) in [5.74, 6) is -0.101. The molecule has 2 aromatic rings. The normalized spacial score (nSPS) is 15.0. The van der Waals surface area contributed by atoms with Crippen molar-refractivity contribution >= 4 is 50.7 Å². The molecule has 1 aromatic heterocycles. The van der Waals surface area contributed by atoms with E-state index in [0.29, 0.717) is 23.6 Å². The molecule has 2 heterocycles. The van der Waals surface area contributed by atoms with E-state index >= 15 is 0 Å². The van der Waals surface area contributed by atoms with Crippen LogP contribution in [0.5, 0.6) is 0 Å². The number of thiophene rings is 1. The number of carbonyl (C=O) groups excluding carboxylic acids is 2. The van der Waals surface area contributed by atoms with E-state index in [1.54, 1.807) is 35.6 Å². The summed E-state index contributed by atoms with van der Waals surface area (Å²) in [4.78, 5) is 30.0. The van der Waals surface area contributed by atoms with Crippen molar-refractivity contribution < 1.29 is 9.59 Å². The molecule has 0 atom stereocenters. The van der Waals surface area contributed by atoms with Crippen LogP contribution in [0.2, 0.25) is 5.02 Å². The van der Waals surface area contributed by atoms with Gasteiger partial charge in [0.25, 0.3) is 5.91 Å². The molecule has 1 aromatic carbocycles. The van der Waals surface area contributed by atoms with Crippen molar-refractivity contribution in [2.75, 3.05) is 32.7 Å². The topological polar surface area (TPSA) is 52.7 Å². The van der Waals surface area contributed by atoms with E-state index in [-0.39, 0.29) is 11.8 Å². The smallest absolute Gasteiger partial charge is 0.251 e. The van der Waals surface area contributed by atoms with Crippen LogP contribution < -0.4 is 5.32 Å². The van der Waals surface area contributed by atoms with Gasteiger partial charge in [-0.15, -0.1) is 11.3 Å². The zero-order chi connectivity index (χ0) is 19.2. The van der Waals surface area contributed by atoms with Crippen LogP contribution in [0.4, 0.5) is 0 Å². The number of nitrogens with one attached hydrogen (secondary N) is 1. The summed E-state index contributed by atoms with van der Waals surface area (Å²) in [5, 5.41) is 3.38. The molecule has 3 rings (SSSR count). The summed E-state index contributed by atoms with van der Waals surface area (Å²) in [6.45, 7) is 4.48. The molecule has 8 heteroatoms. The van der Waals surface area contributed by atoms with Crippen molar-refractivity contribution in [3.05, 3.63) is 55.6 Å². The Kier molecular flexibility index (Phi) is 7.29. The van der Waals surface area contributed by atoms with Gasteiger partial charge in [-0.25, -0.2) is 0 Å². The van der Waals surface area contributed by atoms with Gasteiger partial charge in [-0.2, -0.15) is 0 Å². The number of hydrogen-bond acceptors (Lipinski definition) is 4. The second kappa shape index (κ2) is 9.68. The predicted molar refractivity (Wildman–Crippen MR) is 112 cm³/mol. The lowest BCUT2D eigenvalue weighted by molar-refractivity contribution is -0.132. The van der Waals surface area contributed by atoms with Gasteiger partial charge in [0.05, 0.1) is 3.79 Å². The monoisotopic (exact) mass is 469 g/mol. The maximum atomic E-state index is 12.4. The number of rotatable bonds is 6. The van der Waals surface area contributed by atoms with Crippen molar-refractivity contribution in [1.82, 2.24) is 15.1 Å². The van der Waals surface area contributed by atoms with Gasteiger partial charge in [0, 0.05) is 61.2 Å². The summed E-state index contributed by atoms with van der Waals surface area (Å²) in [7, 11) is 0. The highest BCUT2D eigenvalue weighted by molar-refractivity contribution is 9.11. The van der Waals surface area contributed by atoms with E-state index in [1.807, 2.05) is 4.90 Å². The molecule has 144 valence electrons. The molecule has 1 N–H and O–H groups in total. The SMILES string of the molecule is O=C(NCCC(=O)N1CCN(Cc2ccc(Br)s2)CC1)c1ccc(Cl)cc1. The molecule has 0 aliphatic carbocycles. The van der Waals surface area contributed by atoms with Crippen molar-refractivity contribution in [3.8, 4) is 0 Å². The van der Waals surface area contributed by atoms with Gasteiger partial charge in [-0.05, 0) is 52.3 Å². The molecular formula is C19H21BrClN3O2S. The molecular weight excluding hydrogens is 450 g/mol. The van der Waals surface area contributed by atoms with E-state index < -0.39 is 0 Å². The highest BCUT2D eigenvalue weighted by Gasteiger charge is 2.21. The molecule has 5 nitrogen and oxygen atoms in total. The van der Waals surface area contributed by atoms with Crippen LogP contribution >= 0.6 is 38.9 Å². The van der Waals surface area contributed by atoms with Gasteiger partial charge < -0.3 is 10.2 Å². The molecule has 0 saturated carbocycles. The van der Waals surface area contributed by atoms with E-state index in [9.17, 15) is 9.59 Å². The highest BCUT2D eigenvalue weighted by Crippen LogP contribution is 2.23. The number of hydrogen-bond donors (Lipinski definition) is 1. The van der Waals surface area contributed by atoms with Gasteiger partial charge in [-0.3, -0.25) is 14.5 Å². The summed E-state index contributed by atoms with van der Waals surface area (Å²) < 4.78 is 1.15. The largest absolute Gasteiger partial charge is 0.352 e. The summed E-state index contributed by atoms with van der Waals surface area (Å²) in [5.41, 5.74) is 0.542. The van der Waals surface area contributed by atoms with Crippen LogP contribution in [0.25, 0.3) is 0 Å². The van der Waals surface area contributed by atoms with Gasteiger partial charge in [0.1, 0.15) is 0 Å². The van der Waals surface area contributed by atoms with Crippen molar-refractivity contribution in [1.29, 1.82) is 0 Å². The third kappa shape index (κ3) is 6.04. The molecule has 1 saturated heterocycles. The second-order valence-electron chi connectivity index (χ2n) is 6.38. The summed E-state index contributed by atoms with van der Waals surface area (Å²) >= 11 is 11.1. The number of benzene rings is 1. The predicted octanol–water partition coefficient (Wildman–Crippen LogP) is 3.63. The summed E-state index contributed by atoms with van der Waals surface area (Å²) in [6, 6.07) is 10.9. The minimum atomic E-state index is -0.189. The number of amides is 2. The van der Waals surface area contributed by atoms with Gasteiger partial charge in [-0.1, -0.05) is 11.6 Å². The Morgan fingerprint density at radius 3 is 2.41 bits per heavy atom. The Bertz CT molecular complexity index is 789. The lowest BCUT2D eigenvalue weighted by Gasteiger charge is -2.34. The fourth-order valence-corrected chi connectivity index (χ4v) is 4.61. The molecule has 0 radical (unpaired) electrons. The lowest BCUT2D eigenvalue weighted by atomic mass is 10.2. The standard InChI is InChI=1S/C19H21BrClN3O2S/c20-17-6-5-16(27-17)13-23-9-11-24(12-10-23)18(25)7-8-22-19(26)14-1-3-15(21)4-2-14/h1-6H,7-13H2,(H,22,26). The average Bonchev–Trinajstić information content (AvgIpc) is 3.07. The third-order valence-corrected chi connectivity index (χ3v) is 6.32. The number of halogens is 2. The van der Waals surface area contributed by atoms with Crippen LogP contribution in [0.3, 0.4) is 0 Å². The number of nitrogens with zero attached hydrogens (tertiary/aromatic N) is 2. The number of piperazine rings is 1. The van der Waals surface area contributed by atoms with E-state index in [0.717, 1.165) is 36.5 Å². The van der Waals surface area contributed by atoms with Crippen molar-refractivity contribution in [2.45, 2.75) is 13.0 Å². The first-order valence-electron chi connectivity index (χ1n) is 8.79. The van der Waals surface area contributed by atoms with Gasteiger partial charge in [0.15, 0.2) is 0 Å². The minimum absolute atomic E-state index is 0.0879. The Morgan fingerprint density at radius 2 is 1.78 bits per heavy atom. The fraction of sp³-hybridized carbons (Fsp3) is 0.368. The Labute approximate surface area is 176 Å². The molecule has 2 amide bonds. The Morgan fingerprint density at radius 1 is 1.07 bits per heavy atom. The average molecular weight is 471 g/mol. The third-order valence-electron chi connectivity index (χ3n) is 4.46. The molecule has 1 aliphatic heterocycles. The van der Waals surface area contributed by atoms with Gasteiger partial charge in [0.2, 0.25) is 5.91 Å². The van der Waals surface area contributed by atoms with Gasteiger partial charge >= 0.3 is 0 Å². The van der Waals surface area contributed by atoms with Crippen LogP contribution in [0, 0.1) is 0 Å². The first kappa shape index (κ1) is 20.3. The molecule has 0 unspecified atom stereocenters. The van der Waals surface area contributed by atoms with Crippen molar-refractivity contribution in [3.63, 3.8) is 0 Å². The number of carbonyl (C=O) groups is 2. The molecule has 1 fully saturated rings. The fourth-order valence-electron chi connectivity index (χ4n) is 2.96. The lowest BCUT2D eigenvalue weighted by Crippen LogP contribution is -2.48. The van der Waals surface area contributed by atoms with Crippen molar-refractivity contribution in [2.24, 2.45) is 0 Å². The first-order chi connectivity index (χ1) is 13.0. The molecule has 0 bridgehead atoms. The Balaban J connectivity index is 1.36. The van der Waals surface area contributed by atoms with Crippen LogP contribution in [0.1, 0.15) is 21.7 Å². The van der Waals surface area contributed by atoms with E-state index in [2.05, 4.69) is 38.3 Å². The zero-order valence-electron chi connectivity index (χ0n) is 14.8. The maximum Gasteiger partial charge on any atom is 0.251 e. The Hall–Kier alpha value is -1.41. The maximum absolute atomic E-state index is 12.4. The van der Waals surface area contributed by atoms with Crippen LogP contribution in [0.15, 0.2) is 40.2 Å². The highest BCUT2D eigenvalue weighted by atomic mass is 79.9.